The van der Waals surface area contributed by atoms with E-state index in [2.05, 4.69) is 17.1 Å². The topological polar surface area (TPSA) is 15.3 Å². The Morgan fingerprint density at radius 1 is 1.50 bits per heavy atom. The van der Waals surface area contributed by atoms with Crippen molar-refractivity contribution in [2.45, 2.75) is 32.4 Å². The monoisotopic (exact) mass is 222 g/mol. The zero-order valence-corrected chi connectivity index (χ0v) is 9.96. The van der Waals surface area contributed by atoms with Gasteiger partial charge in [-0.3, -0.25) is 0 Å². The summed E-state index contributed by atoms with van der Waals surface area (Å²) in [6, 6.07) is 5.89. The van der Waals surface area contributed by atoms with Gasteiger partial charge in [0.1, 0.15) is 5.82 Å². The van der Waals surface area contributed by atoms with Crippen molar-refractivity contribution in [3.63, 3.8) is 0 Å². The molecule has 1 atom stereocenters. The third-order valence-corrected chi connectivity index (χ3v) is 3.31. The van der Waals surface area contributed by atoms with E-state index in [1.807, 2.05) is 13.1 Å². The molecule has 0 aromatic heterocycles. The lowest BCUT2D eigenvalue weighted by atomic mass is 10.1. The highest BCUT2D eigenvalue weighted by atomic mass is 19.1. The van der Waals surface area contributed by atoms with Crippen molar-refractivity contribution in [2.24, 2.45) is 0 Å². The Kier molecular flexibility index (Phi) is 3.44. The van der Waals surface area contributed by atoms with Crippen molar-refractivity contribution in [3.05, 3.63) is 29.6 Å². The summed E-state index contributed by atoms with van der Waals surface area (Å²) in [6.07, 6.45) is 2.41. The largest absolute Gasteiger partial charge is 0.368 e. The molecule has 0 amide bonds. The van der Waals surface area contributed by atoms with E-state index in [-0.39, 0.29) is 5.82 Å². The number of benzene rings is 1. The van der Waals surface area contributed by atoms with Crippen LogP contribution in [0.3, 0.4) is 0 Å². The lowest BCUT2D eigenvalue weighted by molar-refractivity contribution is 0.598. The number of hydrogen-bond donors (Lipinski definition) is 1. The van der Waals surface area contributed by atoms with Gasteiger partial charge in [-0.2, -0.15) is 0 Å². The number of anilines is 1. The molecule has 0 spiro atoms. The van der Waals surface area contributed by atoms with E-state index in [4.69, 9.17) is 0 Å². The first kappa shape index (κ1) is 11.4. The first-order valence-electron chi connectivity index (χ1n) is 5.92. The van der Waals surface area contributed by atoms with Crippen LogP contribution in [0.25, 0.3) is 0 Å². The van der Waals surface area contributed by atoms with Gasteiger partial charge in [0.15, 0.2) is 0 Å². The molecule has 0 bridgehead atoms. The molecule has 3 heteroatoms. The number of hydrogen-bond acceptors (Lipinski definition) is 2. The second-order valence-corrected chi connectivity index (χ2v) is 4.45. The fourth-order valence-corrected chi connectivity index (χ4v) is 2.46. The highest BCUT2D eigenvalue weighted by Crippen LogP contribution is 2.29. The minimum Gasteiger partial charge on any atom is -0.368 e. The van der Waals surface area contributed by atoms with Crippen LogP contribution in [0, 0.1) is 5.82 Å². The number of halogens is 1. The Balaban J connectivity index is 2.35. The Bertz CT molecular complexity index is 365. The molecule has 2 nitrogen and oxygen atoms in total. The Labute approximate surface area is 96.5 Å². The number of nitrogens with zero attached hydrogens (tertiary/aromatic N) is 1. The molecule has 16 heavy (non-hydrogen) atoms. The Morgan fingerprint density at radius 3 is 2.94 bits per heavy atom. The zero-order valence-electron chi connectivity index (χ0n) is 9.96. The minimum atomic E-state index is -0.106. The SMILES string of the molecule is CNCc1c(F)cccc1N1CCCC1C. The molecule has 1 unspecified atom stereocenters. The smallest absolute Gasteiger partial charge is 0.129 e. The second-order valence-electron chi connectivity index (χ2n) is 4.45. The maximum atomic E-state index is 13.8. The summed E-state index contributed by atoms with van der Waals surface area (Å²) in [5, 5.41) is 3.04. The fraction of sp³-hybridized carbons (Fsp3) is 0.538. The van der Waals surface area contributed by atoms with Gasteiger partial charge in [-0.25, -0.2) is 4.39 Å². The molecule has 1 fully saturated rings. The van der Waals surface area contributed by atoms with Gasteiger partial charge in [0, 0.05) is 30.4 Å². The molecular formula is C13H19FN2. The van der Waals surface area contributed by atoms with Gasteiger partial charge >= 0.3 is 0 Å². The predicted octanol–water partition coefficient (Wildman–Crippen LogP) is 2.53. The molecule has 0 aliphatic carbocycles. The van der Waals surface area contributed by atoms with E-state index in [1.165, 1.54) is 18.9 Å². The normalized spacial score (nSPS) is 20.4. The van der Waals surface area contributed by atoms with Gasteiger partial charge in [0.2, 0.25) is 0 Å². The number of nitrogens with one attached hydrogen (secondary N) is 1. The molecule has 1 saturated heterocycles. The Morgan fingerprint density at radius 2 is 2.31 bits per heavy atom. The van der Waals surface area contributed by atoms with Gasteiger partial charge in [0.25, 0.3) is 0 Å². The van der Waals surface area contributed by atoms with E-state index in [0.29, 0.717) is 12.6 Å². The highest BCUT2D eigenvalue weighted by molar-refractivity contribution is 5.55. The van der Waals surface area contributed by atoms with E-state index in [0.717, 1.165) is 17.8 Å². The lowest BCUT2D eigenvalue weighted by Crippen LogP contribution is -2.28. The van der Waals surface area contributed by atoms with Crippen molar-refractivity contribution in [3.8, 4) is 0 Å². The number of rotatable bonds is 3. The predicted molar refractivity (Wildman–Crippen MR) is 65.2 cm³/mol. The molecule has 0 radical (unpaired) electrons. The van der Waals surface area contributed by atoms with Crippen LogP contribution in [-0.4, -0.2) is 19.6 Å². The molecule has 1 aliphatic rings. The fourth-order valence-electron chi connectivity index (χ4n) is 2.46. The van der Waals surface area contributed by atoms with Gasteiger partial charge in [0.05, 0.1) is 0 Å². The average molecular weight is 222 g/mol. The zero-order chi connectivity index (χ0) is 11.5. The highest BCUT2D eigenvalue weighted by Gasteiger charge is 2.23. The lowest BCUT2D eigenvalue weighted by Gasteiger charge is -2.26. The minimum absolute atomic E-state index is 0.106. The summed E-state index contributed by atoms with van der Waals surface area (Å²) in [7, 11) is 1.85. The molecule has 1 aromatic carbocycles. The van der Waals surface area contributed by atoms with Crippen molar-refractivity contribution in [1.29, 1.82) is 0 Å². The molecule has 1 heterocycles. The van der Waals surface area contributed by atoms with Crippen molar-refractivity contribution in [1.82, 2.24) is 5.32 Å². The summed E-state index contributed by atoms with van der Waals surface area (Å²) in [5.74, 6) is -0.106. The van der Waals surface area contributed by atoms with E-state index < -0.39 is 0 Å². The van der Waals surface area contributed by atoms with Gasteiger partial charge in [-0.1, -0.05) is 6.07 Å². The molecule has 88 valence electrons. The van der Waals surface area contributed by atoms with Crippen LogP contribution in [0.2, 0.25) is 0 Å². The first-order chi connectivity index (χ1) is 7.74. The molecule has 1 N–H and O–H groups in total. The third-order valence-electron chi connectivity index (χ3n) is 3.31. The standard InChI is InChI=1S/C13H19FN2/c1-10-5-4-8-16(10)13-7-3-6-12(14)11(13)9-15-2/h3,6-7,10,15H,4-5,8-9H2,1-2H3. The Hall–Kier alpha value is -1.09. The molecule has 1 aliphatic heterocycles. The van der Waals surface area contributed by atoms with Crippen LogP contribution in [0.5, 0.6) is 0 Å². The van der Waals surface area contributed by atoms with Gasteiger partial charge in [-0.15, -0.1) is 0 Å². The maximum Gasteiger partial charge on any atom is 0.129 e. The van der Waals surface area contributed by atoms with Crippen LogP contribution < -0.4 is 10.2 Å². The van der Waals surface area contributed by atoms with Crippen molar-refractivity contribution in [2.75, 3.05) is 18.5 Å². The van der Waals surface area contributed by atoms with Crippen molar-refractivity contribution < 1.29 is 4.39 Å². The summed E-state index contributed by atoms with van der Waals surface area (Å²) in [4.78, 5) is 2.32. The van der Waals surface area contributed by atoms with E-state index >= 15 is 0 Å². The summed E-state index contributed by atoms with van der Waals surface area (Å²) in [5.41, 5.74) is 1.85. The van der Waals surface area contributed by atoms with E-state index in [9.17, 15) is 4.39 Å². The summed E-state index contributed by atoms with van der Waals surface area (Å²) in [6.45, 7) is 3.84. The molecule has 2 rings (SSSR count). The van der Waals surface area contributed by atoms with Crippen LogP contribution in [0.4, 0.5) is 10.1 Å². The third kappa shape index (κ3) is 2.05. The quantitative estimate of drug-likeness (QED) is 0.845. The van der Waals surface area contributed by atoms with E-state index in [1.54, 1.807) is 6.07 Å². The van der Waals surface area contributed by atoms with Crippen LogP contribution >= 0.6 is 0 Å². The molecule has 0 saturated carbocycles. The van der Waals surface area contributed by atoms with Crippen LogP contribution in [0.1, 0.15) is 25.3 Å². The maximum absolute atomic E-state index is 13.8. The second kappa shape index (κ2) is 4.83. The van der Waals surface area contributed by atoms with Gasteiger partial charge < -0.3 is 10.2 Å². The molecule has 1 aromatic rings. The average Bonchev–Trinajstić information content (AvgIpc) is 2.68. The summed E-state index contributed by atoms with van der Waals surface area (Å²) < 4.78 is 13.8. The van der Waals surface area contributed by atoms with Crippen LogP contribution in [-0.2, 0) is 6.54 Å². The first-order valence-corrected chi connectivity index (χ1v) is 5.92. The van der Waals surface area contributed by atoms with Crippen LogP contribution in [0.15, 0.2) is 18.2 Å². The van der Waals surface area contributed by atoms with Gasteiger partial charge in [-0.05, 0) is 38.9 Å². The molecular weight excluding hydrogens is 203 g/mol. The summed E-state index contributed by atoms with van der Waals surface area (Å²) >= 11 is 0. The van der Waals surface area contributed by atoms with Crippen molar-refractivity contribution >= 4 is 5.69 Å².